The predicted octanol–water partition coefficient (Wildman–Crippen LogP) is 4.01. The van der Waals surface area contributed by atoms with Crippen LogP contribution in [0.5, 0.6) is 0 Å². The molecule has 0 aliphatic carbocycles. The van der Waals surface area contributed by atoms with Gasteiger partial charge in [0.1, 0.15) is 5.82 Å². The molecular weight excluding hydrogens is 388 g/mol. The first-order valence-corrected chi connectivity index (χ1v) is 7.93. The fourth-order valence-electron chi connectivity index (χ4n) is 2.64. The van der Waals surface area contributed by atoms with E-state index in [0.717, 1.165) is 28.8 Å². The number of nitrogens with zero attached hydrogens (tertiary/aromatic N) is 2. The lowest BCUT2D eigenvalue weighted by Crippen LogP contribution is -2.38. The number of aromatic nitrogens is 2. The molecule has 0 aliphatic rings. The number of alkyl halides is 3. The monoisotopic (exact) mass is 398 g/mol. The quantitative estimate of drug-likeness (QED) is 0.612. The minimum atomic E-state index is -4.57. The van der Waals surface area contributed by atoms with Gasteiger partial charge in [-0.05, 0) is 35.9 Å². The molecular formula is C18H11ClF4N2O2. The average molecular weight is 399 g/mol. The van der Waals surface area contributed by atoms with Crippen LogP contribution >= 0.6 is 11.6 Å². The Balaban J connectivity index is 2.23. The van der Waals surface area contributed by atoms with Gasteiger partial charge in [0.25, 0.3) is 5.56 Å². The molecule has 0 aliphatic heterocycles. The second-order valence-corrected chi connectivity index (χ2v) is 6.16. The van der Waals surface area contributed by atoms with Crippen LogP contribution in [-0.2, 0) is 13.2 Å². The first kappa shape index (κ1) is 18.9. The molecule has 2 aromatic carbocycles. The van der Waals surface area contributed by atoms with E-state index >= 15 is 0 Å². The highest BCUT2D eigenvalue weighted by molar-refractivity contribution is 6.30. The van der Waals surface area contributed by atoms with Crippen molar-refractivity contribution >= 4 is 11.6 Å². The van der Waals surface area contributed by atoms with Crippen LogP contribution in [0.2, 0.25) is 5.02 Å². The molecule has 0 fully saturated rings. The molecule has 0 saturated heterocycles. The third-order valence-corrected chi connectivity index (χ3v) is 4.19. The van der Waals surface area contributed by atoms with E-state index in [1.807, 2.05) is 0 Å². The van der Waals surface area contributed by atoms with E-state index in [0.29, 0.717) is 4.57 Å². The molecule has 27 heavy (non-hydrogen) atoms. The number of rotatable bonds is 2. The normalized spacial score (nSPS) is 11.6. The second kappa shape index (κ2) is 6.70. The summed E-state index contributed by atoms with van der Waals surface area (Å²) in [5.74, 6) is -0.881. The van der Waals surface area contributed by atoms with Crippen LogP contribution in [0.25, 0.3) is 16.9 Å². The lowest BCUT2D eigenvalue weighted by molar-refractivity contribution is -0.137. The summed E-state index contributed by atoms with van der Waals surface area (Å²) >= 11 is 5.67. The third kappa shape index (κ3) is 3.52. The van der Waals surface area contributed by atoms with Crippen molar-refractivity contribution < 1.29 is 17.6 Å². The zero-order valence-corrected chi connectivity index (χ0v) is 14.5. The molecule has 3 rings (SSSR count). The Morgan fingerprint density at radius 1 is 1.00 bits per heavy atom. The number of halogens is 5. The fraction of sp³-hybridized carbons (Fsp3) is 0.111. The Labute approximate surface area is 154 Å². The molecule has 0 saturated carbocycles. The van der Waals surface area contributed by atoms with E-state index in [2.05, 4.69) is 0 Å². The van der Waals surface area contributed by atoms with Gasteiger partial charge in [-0.15, -0.1) is 0 Å². The van der Waals surface area contributed by atoms with Gasteiger partial charge in [-0.1, -0.05) is 23.7 Å². The van der Waals surface area contributed by atoms with Gasteiger partial charge in [-0.3, -0.25) is 9.36 Å². The molecule has 0 N–H and O–H groups in total. The standard InChI is InChI=1S/C18H11ClF4N2O2/c1-24-15(10-3-2-4-11(7-10)18(21,22)23)9-16(26)25(17(24)27)14-6-5-12(19)8-13(14)20/h2-9H,1H3. The van der Waals surface area contributed by atoms with E-state index in [-0.39, 0.29) is 22.0 Å². The minimum absolute atomic E-state index is 0.0262. The van der Waals surface area contributed by atoms with Crippen molar-refractivity contribution in [2.45, 2.75) is 6.18 Å². The molecule has 0 unspecified atom stereocenters. The van der Waals surface area contributed by atoms with Crippen molar-refractivity contribution in [3.8, 4) is 16.9 Å². The third-order valence-electron chi connectivity index (χ3n) is 3.96. The van der Waals surface area contributed by atoms with Crippen LogP contribution in [0.1, 0.15) is 5.56 Å². The molecule has 0 bridgehead atoms. The van der Waals surface area contributed by atoms with Crippen molar-refractivity contribution in [3.63, 3.8) is 0 Å². The highest BCUT2D eigenvalue weighted by atomic mass is 35.5. The van der Waals surface area contributed by atoms with E-state index in [1.165, 1.54) is 31.3 Å². The Bertz CT molecular complexity index is 1150. The maximum absolute atomic E-state index is 14.1. The second-order valence-electron chi connectivity index (χ2n) is 5.72. The zero-order valence-electron chi connectivity index (χ0n) is 13.7. The van der Waals surface area contributed by atoms with Gasteiger partial charge in [-0.2, -0.15) is 13.2 Å². The summed E-state index contributed by atoms with van der Waals surface area (Å²) < 4.78 is 54.4. The van der Waals surface area contributed by atoms with E-state index < -0.39 is 28.8 Å². The highest BCUT2D eigenvalue weighted by Crippen LogP contribution is 2.31. The fourth-order valence-corrected chi connectivity index (χ4v) is 2.80. The van der Waals surface area contributed by atoms with Crippen LogP contribution in [0.4, 0.5) is 17.6 Å². The Hall–Kier alpha value is -2.87. The first-order valence-electron chi connectivity index (χ1n) is 7.56. The van der Waals surface area contributed by atoms with Crippen LogP contribution in [0, 0.1) is 5.82 Å². The van der Waals surface area contributed by atoms with Crippen LogP contribution < -0.4 is 11.2 Å². The predicted molar refractivity (Wildman–Crippen MR) is 92.7 cm³/mol. The van der Waals surface area contributed by atoms with E-state index in [4.69, 9.17) is 11.6 Å². The topological polar surface area (TPSA) is 44.0 Å². The van der Waals surface area contributed by atoms with Crippen molar-refractivity contribution in [3.05, 3.63) is 85.8 Å². The van der Waals surface area contributed by atoms with Crippen LogP contribution in [-0.4, -0.2) is 9.13 Å². The van der Waals surface area contributed by atoms with Gasteiger partial charge < -0.3 is 0 Å². The van der Waals surface area contributed by atoms with Gasteiger partial charge in [0.2, 0.25) is 0 Å². The molecule has 0 spiro atoms. The van der Waals surface area contributed by atoms with E-state index in [1.54, 1.807) is 0 Å². The lowest BCUT2D eigenvalue weighted by atomic mass is 10.1. The molecule has 0 amide bonds. The zero-order chi connectivity index (χ0) is 19.9. The van der Waals surface area contributed by atoms with Gasteiger partial charge in [0, 0.05) is 18.1 Å². The molecule has 0 atom stereocenters. The number of hydrogen-bond donors (Lipinski definition) is 0. The maximum atomic E-state index is 14.1. The van der Waals surface area contributed by atoms with Gasteiger partial charge in [0.15, 0.2) is 0 Å². The summed E-state index contributed by atoms with van der Waals surface area (Å²) in [5, 5.41) is 0.0849. The Kier molecular flexibility index (Phi) is 4.69. The van der Waals surface area contributed by atoms with Crippen molar-refractivity contribution in [1.29, 1.82) is 0 Å². The molecule has 1 heterocycles. The van der Waals surface area contributed by atoms with Gasteiger partial charge >= 0.3 is 11.9 Å². The SMILES string of the molecule is Cn1c(-c2cccc(C(F)(F)F)c2)cc(=O)n(-c2ccc(Cl)cc2F)c1=O. The van der Waals surface area contributed by atoms with Crippen molar-refractivity contribution in [1.82, 2.24) is 9.13 Å². The van der Waals surface area contributed by atoms with E-state index in [9.17, 15) is 27.2 Å². The summed E-state index contributed by atoms with van der Waals surface area (Å²) in [5.41, 5.74) is -3.00. The van der Waals surface area contributed by atoms with Crippen molar-refractivity contribution in [2.24, 2.45) is 7.05 Å². The summed E-state index contributed by atoms with van der Waals surface area (Å²) in [4.78, 5) is 25.0. The molecule has 140 valence electrons. The average Bonchev–Trinajstić information content (AvgIpc) is 2.59. The lowest BCUT2D eigenvalue weighted by Gasteiger charge is -2.14. The smallest absolute Gasteiger partial charge is 0.296 e. The molecule has 4 nitrogen and oxygen atoms in total. The Morgan fingerprint density at radius 3 is 2.33 bits per heavy atom. The number of hydrogen-bond acceptors (Lipinski definition) is 2. The summed E-state index contributed by atoms with van der Waals surface area (Å²) in [6.45, 7) is 0. The minimum Gasteiger partial charge on any atom is -0.296 e. The van der Waals surface area contributed by atoms with Crippen molar-refractivity contribution in [2.75, 3.05) is 0 Å². The largest absolute Gasteiger partial charge is 0.416 e. The highest BCUT2D eigenvalue weighted by Gasteiger charge is 2.30. The number of benzene rings is 2. The Morgan fingerprint density at radius 2 is 1.70 bits per heavy atom. The van der Waals surface area contributed by atoms with Gasteiger partial charge in [0.05, 0.1) is 16.9 Å². The molecule has 0 radical (unpaired) electrons. The van der Waals surface area contributed by atoms with Gasteiger partial charge in [-0.25, -0.2) is 13.8 Å². The van der Waals surface area contributed by atoms with Crippen LogP contribution in [0.3, 0.4) is 0 Å². The summed E-state index contributed by atoms with van der Waals surface area (Å²) in [6.07, 6.45) is -4.57. The maximum Gasteiger partial charge on any atom is 0.416 e. The first-order chi connectivity index (χ1) is 12.6. The van der Waals surface area contributed by atoms with Crippen LogP contribution in [0.15, 0.2) is 58.1 Å². The molecule has 3 aromatic rings. The molecule has 1 aromatic heterocycles. The summed E-state index contributed by atoms with van der Waals surface area (Å²) in [6, 6.07) is 8.64. The summed E-state index contributed by atoms with van der Waals surface area (Å²) in [7, 11) is 1.28. The molecule has 9 heteroatoms.